The molecule has 1 atom stereocenters. The topological polar surface area (TPSA) is 76.1 Å². The SMILES string of the molecule is CCCOc1cccc(C2C(=C(O)c3ccc(OC)cc3)C(=O)C(=O)N2Cc2ccccc2)c1. The molecule has 1 unspecified atom stereocenters. The Bertz CT molecular complexity index is 1200. The molecule has 0 bridgehead atoms. The van der Waals surface area contributed by atoms with E-state index in [2.05, 4.69) is 0 Å². The minimum Gasteiger partial charge on any atom is -0.507 e. The zero-order valence-electron chi connectivity index (χ0n) is 19.2. The molecule has 3 aromatic carbocycles. The number of aliphatic hydroxyl groups is 1. The van der Waals surface area contributed by atoms with Crippen LogP contribution in [0.25, 0.3) is 5.76 Å². The number of aliphatic hydroxyl groups excluding tert-OH is 1. The Kier molecular flexibility index (Phi) is 6.97. The second-order valence-electron chi connectivity index (χ2n) is 8.06. The van der Waals surface area contributed by atoms with Gasteiger partial charge in [0.1, 0.15) is 17.3 Å². The Labute approximate surface area is 199 Å². The monoisotopic (exact) mass is 457 g/mol. The summed E-state index contributed by atoms with van der Waals surface area (Å²) in [7, 11) is 1.55. The van der Waals surface area contributed by atoms with E-state index in [0.29, 0.717) is 29.2 Å². The normalized spacial score (nSPS) is 17.1. The highest BCUT2D eigenvalue weighted by Crippen LogP contribution is 2.41. The number of likely N-dealkylation sites (tertiary alicyclic amines) is 1. The quantitative estimate of drug-likeness (QED) is 0.289. The minimum absolute atomic E-state index is 0.0544. The van der Waals surface area contributed by atoms with Gasteiger partial charge < -0.3 is 19.5 Å². The summed E-state index contributed by atoms with van der Waals surface area (Å²) in [5.74, 6) is -0.313. The van der Waals surface area contributed by atoms with E-state index in [0.717, 1.165) is 12.0 Å². The average Bonchev–Trinajstić information content (AvgIpc) is 3.13. The summed E-state index contributed by atoms with van der Waals surface area (Å²) in [4.78, 5) is 27.9. The van der Waals surface area contributed by atoms with Crippen molar-refractivity contribution in [3.8, 4) is 11.5 Å². The maximum atomic E-state index is 13.2. The molecule has 0 aromatic heterocycles. The molecule has 174 valence electrons. The van der Waals surface area contributed by atoms with E-state index in [1.54, 1.807) is 31.4 Å². The molecule has 4 rings (SSSR count). The van der Waals surface area contributed by atoms with Crippen molar-refractivity contribution in [2.45, 2.75) is 25.9 Å². The summed E-state index contributed by atoms with van der Waals surface area (Å²) >= 11 is 0. The van der Waals surface area contributed by atoms with Gasteiger partial charge in [-0.3, -0.25) is 9.59 Å². The van der Waals surface area contributed by atoms with Crippen LogP contribution in [0.15, 0.2) is 84.4 Å². The third-order valence-corrected chi connectivity index (χ3v) is 5.75. The van der Waals surface area contributed by atoms with E-state index in [-0.39, 0.29) is 17.9 Å². The van der Waals surface area contributed by atoms with Crippen LogP contribution in [0.2, 0.25) is 0 Å². The summed E-state index contributed by atoms with van der Waals surface area (Å²) in [6.45, 7) is 2.81. The molecule has 1 fully saturated rings. The van der Waals surface area contributed by atoms with Crippen molar-refractivity contribution in [1.82, 2.24) is 4.90 Å². The Hall–Kier alpha value is -4.06. The van der Waals surface area contributed by atoms with E-state index in [4.69, 9.17) is 9.47 Å². The molecule has 6 heteroatoms. The molecule has 6 nitrogen and oxygen atoms in total. The van der Waals surface area contributed by atoms with Crippen LogP contribution < -0.4 is 9.47 Å². The first kappa shape index (κ1) is 23.1. The van der Waals surface area contributed by atoms with E-state index in [9.17, 15) is 14.7 Å². The molecule has 3 aromatic rings. The zero-order chi connectivity index (χ0) is 24.1. The Balaban J connectivity index is 1.83. The van der Waals surface area contributed by atoms with Crippen LogP contribution in [0.1, 0.15) is 36.1 Å². The smallest absolute Gasteiger partial charge is 0.295 e. The van der Waals surface area contributed by atoms with Crippen molar-refractivity contribution in [2.75, 3.05) is 13.7 Å². The van der Waals surface area contributed by atoms with Gasteiger partial charge in [-0.25, -0.2) is 0 Å². The van der Waals surface area contributed by atoms with Gasteiger partial charge in [0.2, 0.25) is 0 Å². The maximum absolute atomic E-state index is 13.2. The van der Waals surface area contributed by atoms with Crippen molar-refractivity contribution >= 4 is 17.4 Å². The lowest BCUT2D eigenvalue weighted by Crippen LogP contribution is -2.29. The molecular weight excluding hydrogens is 430 g/mol. The molecule has 0 saturated carbocycles. The fourth-order valence-electron chi connectivity index (χ4n) is 4.07. The summed E-state index contributed by atoms with van der Waals surface area (Å²) in [6.07, 6.45) is 0.855. The van der Waals surface area contributed by atoms with Crippen LogP contribution in [0.3, 0.4) is 0 Å². The number of hydrogen-bond donors (Lipinski definition) is 1. The summed E-state index contributed by atoms with van der Waals surface area (Å²) in [6, 6.07) is 22.8. The molecule has 34 heavy (non-hydrogen) atoms. The summed E-state index contributed by atoms with van der Waals surface area (Å²) in [5.41, 5.74) is 2.07. The van der Waals surface area contributed by atoms with Gasteiger partial charge >= 0.3 is 0 Å². The lowest BCUT2D eigenvalue weighted by molar-refractivity contribution is -0.140. The van der Waals surface area contributed by atoms with Crippen molar-refractivity contribution < 1.29 is 24.2 Å². The average molecular weight is 458 g/mol. The van der Waals surface area contributed by atoms with Gasteiger partial charge in [-0.2, -0.15) is 0 Å². The number of rotatable bonds is 8. The van der Waals surface area contributed by atoms with Crippen molar-refractivity contribution in [3.63, 3.8) is 0 Å². The first-order valence-electron chi connectivity index (χ1n) is 11.2. The lowest BCUT2D eigenvalue weighted by Gasteiger charge is -2.26. The molecule has 1 aliphatic rings. The number of ketones is 1. The second-order valence-corrected chi connectivity index (χ2v) is 8.06. The van der Waals surface area contributed by atoms with Gasteiger partial charge in [-0.05, 0) is 53.9 Å². The van der Waals surface area contributed by atoms with Crippen LogP contribution >= 0.6 is 0 Å². The summed E-state index contributed by atoms with van der Waals surface area (Å²) in [5, 5.41) is 11.2. The molecule has 1 heterocycles. The minimum atomic E-state index is -0.757. The lowest BCUT2D eigenvalue weighted by atomic mass is 9.95. The molecule has 1 saturated heterocycles. The van der Waals surface area contributed by atoms with Gasteiger partial charge in [0.15, 0.2) is 0 Å². The number of Topliss-reactive ketones (excluding diaryl/α,β-unsaturated/α-hetero) is 1. The standard InChI is InChI=1S/C28H27NO5/c1-3-16-34-23-11-7-10-21(17-23)25-24(26(30)20-12-14-22(33-2)15-13-20)27(31)28(32)29(25)18-19-8-5-4-6-9-19/h4-15,17,25,30H,3,16,18H2,1-2H3. The van der Waals surface area contributed by atoms with E-state index in [1.165, 1.54) is 4.90 Å². The summed E-state index contributed by atoms with van der Waals surface area (Å²) < 4.78 is 11.0. The fourth-order valence-corrected chi connectivity index (χ4v) is 4.07. The van der Waals surface area contributed by atoms with Crippen molar-refractivity contribution in [3.05, 3.63) is 101 Å². The third kappa shape index (κ3) is 4.66. The number of ether oxygens (including phenoxy) is 2. The highest BCUT2D eigenvalue weighted by atomic mass is 16.5. The van der Waals surface area contributed by atoms with Gasteiger partial charge in [0, 0.05) is 12.1 Å². The fraction of sp³-hybridized carbons (Fsp3) is 0.214. The van der Waals surface area contributed by atoms with Crippen LogP contribution in [0.5, 0.6) is 11.5 Å². The Morgan fingerprint density at radius 1 is 0.941 bits per heavy atom. The number of carbonyl (C=O) groups is 2. The number of benzene rings is 3. The predicted molar refractivity (Wildman–Crippen MR) is 130 cm³/mol. The Morgan fingerprint density at radius 2 is 1.68 bits per heavy atom. The third-order valence-electron chi connectivity index (χ3n) is 5.75. The van der Waals surface area contributed by atoms with Crippen LogP contribution in [-0.4, -0.2) is 35.4 Å². The van der Waals surface area contributed by atoms with Gasteiger partial charge in [-0.1, -0.05) is 49.4 Å². The highest BCUT2D eigenvalue weighted by molar-refractivity contribution is 6.46. The predicted octanol–water partition coefficient (Wildman–Crippen LogP) is 5.11. The first-order chi connectivity index (χ1) is 16.5. The maximum Gasteiger partial charge on any atom is 0.295 e. The van der Waals surface area contributed by atoms with E-state index >= 15 is 0 Å². The number of carbonyl (C=O) groups excluding carboxylic acids is 2. The molecule has 0 aliphatic carbocycles. The van der Waals surface area contributed by atoms with Crippen LogP contribution in [0, 0.1) is 0 Å². The first-order valence-corrected chi connectivity index (χ1v) is 11.2. The van der Waals surface area contributed by atoms with Gasteiger partial charge in [-0.15, -0.1) is 0 Å². The highest BCUT2D eigenvalue weighted by Gasteiger charge is 2.46. The molecule has 1 N–H and O–H groups in total. The Morgan fingerprint density at radius 3 is 2.35 bits per heavy atom. The molecular formula is C28H27NO5. The molecule has 0 radical (unpaired) electrons. The van der Waals surface area contributed by atoms with Crippen LogP contribution in [0.4, 0.5) is 0 Å². The van der Waals surface area contributed by atoms with E-state index in [1.807, 2.05) is 61.5 Å². The largest absolute Gasteiger partial charge is 0.507 e. The van der Waals surface area contributed by atoms with Gasteiger partial charge in [0.05, 0.1) is 25.3 Å². The van der Waals surface area contributed by atoms with Crippen molar-refractivity contribution in [1.29, 1.82) is 0 Å². The van der Waals surface area contributed by atoms with Crippen molar-refractivity contribution in [2.24, 2.45) is 0 Å². The zero-order valence-corrected chi connectivity index (χ0v) is 19.2. The molecule has 1 aliphatic heterocycles. The number of amides is 1. The number of methoxy groups -OCH3 is 1. The second kappa shape index (κ2) is 10.3. The van der Waals surface area contributed by atoms with Gasteiger partial charge in [0.25, 0.3) is 11.7 Å². The molecule has 1 amide bonds. The molecule has 0 spiro atoms. The van der Waals surface area contributed by atoms with Crippen LogP contribution in [-0.2, 0) is 16.1 Å². The number of nitrogens with zero attached hydrogens (tertiary/aromatic N) is 1. The number of hydrogen-bond acceptors (Lipinski definition) is 5. The van der Waals surface area contributed by atoms with E-state index < -0.39 is 17.7 Å².